The highest BCUT2D eigenvalue weighted by Crippen LogP contribution is 2.37. The van der Waals surface area contributed by atoms with Crippen LogP contribution in [-0.2, 0) is 6.54 Å². The maximum atomic E-state index is 13.7. The monoisotopic (exact) mass is 425 g/mol. The Morgan fingerprint density at radius 1 is 1.22 bits per heavy atom. The lowest BCUT2D eigenvalue weighted by Crippen LogP contribution is -2.14. The Hall–Kier alpha value is -2.03. The lowest BCUT2D eigenvalue weighted by Gasteiger charge is -2.22. The molecule has 2 aromatic carbocycles. The molecule has 142 valence electrons. The minimum absolute atomic E-state index is 0.0855. The molecule has 0 atom stereocenters. The molecule has 0 unspecified atom stereocenters. The first kappa shape index (κ1) is 19.7. The molecule has 0 fully saturated rings. The molecule has 9 heteroatoms. The van der Waals surface area contributed by atoms with E-state index in [0.29, 0.717) is 18.0 Å². The highest BCUT2D eigenvalue weighted by Gasteiger charge is 2.18. The van der Waals surface area contributed by atoms with Gasteiger partial charge in [-0.15, -0.1) is 0 Å². The van der Waals surface area contributed by atoms with E-state index in [1.807, 2.05) is 29.4 Å². The summed E-state index contributed by atoms with van der Waals surface area (Å²) in [4.78, 5) is 5.14. The van der Waals surface area contributed by atoms with Gasteiger partial charge in [0, 0.05) is 28.1 Å². The van der Waals surface area contributed by atoms with Crippen LogP contribution < -0.4 is 13.8 Å². The van der Waals surface area contributed by atoms with Crippen LogP contribution in [-0.4, -0.2) is 23.6 Å². The number of aromatic nitrogens is 2. The molecule has 5 nitrogen and oxygen atoms in total. The van der Waals surface area contributed by atoms with Crippen molar-refractivity contribution in [2.75, 3.05) is 18.5 Å². The Balaban J connectivity index is 1.93. The van der Waals surface area contributed by atoms with E-state index in [0.717, 1.165) is 21.2 Å². The number of benzene rings is 2. The minimum atomic E-state index is -0.433. The zero-order valence-corrected chi connectivity index (χ0v) is 17.3. The van der Waals surface area contributed by atoms with E-state index in [1.165, 1.54) is 35.9 Å². The Kier molecular flexibility index (Phi) is 6.41. The van der Waals surface area contributed by atoms with E-state index >= 15 is 0 Å². The molecule has 1 aromatic heterocycles. The van der Waals surface area contributed by atoms with Crippen molar-refractivity contribution in [2.24, 2.45) is 0 Å². The fraction of sp³-hybridized carbons (Fsp3) is 0.222. The van der Waals surface area contributed by atoms with Crippen LogP contribution in [0.3, 0.4) is 0 Å². The zero-order valence-electron chi connectivity index (χ0n) is 14.9. The zero-order chi connectivity index (χ0) is 19.4. The van der Waals surface area contributed by atoms with Gasteiger partial charge < -0.3 is 9.47 Å². The van der Waals surface area contributed by atoms with Gasteiger partial charge in [0.05, 0.1) is 25.8 Å². The standard InChI is InChI=1S/C18H17ClFN3O2S2/c1-11-6-15(20)14(19)8-17(11)27-23(18-21-10-22-26-18)9-12-4-5-13(24-2)7-16(12)25-3/h4-8,10H,9H2,1-3H3. The van der Waals surface area contributed by atoms with Crippen molar-refractivity contribution >= 4 is 40.2 Å². The highest BCUT2D eigenvalue weighted by atomic mass is 35.5. The third-order valence-corrected chi connectivity index (χ3v) is 6.05. The second-order valence-corrected chi connectivity index (χ2v) is 7.79. The predicted molar refractivity (Wildman–Crippen MR) is 108 cm³/mol. The van der Waals surface area contributed by atoms with Gasteiger partial charge in [-0.05, 0) is 48.7 Å². The summed E-state index contributed by atoms with van der Waals surface area (Å²) < 4.78 is 30.5. The van der Waals surface area contributed by atoms with Crippen LogP contribution in [0, 0.1) is 12.7 Å². The third kappa shape index (κ3) is 4.63. The number of nitrogens with zero attached hydrogens (tertiary/aromatic N) is 3. The molecule has 1 heterocycles. The summed E-state index contributed by atoms with van der Waals surface area (Å²) in [6, 6.07) is 8.70. The molecule has 0 spiro atoms. The average Bonchev–Trinajstić information content (AvgIpc) is 3.20. The first-order valence-electron chi connectivity index (χ1n) is 7.90. The molecule has 0 bridgehead atoms. The number of aryl methyl sites for hydroxylation is 1. The van der Waals surface area contributed by atoms with Crippen molar-refractivity contribution in [1.29, 1.82) is 0 Å². The van der Waals surface area contributed by atoms with Gasteiger partial charge in [-0.2, -0.15) is 4.37 Å². The first-order chi connectivity index (χ1) is 13.0. The number of halogens is 2. The summed E-state index contributed by atoms with van der Waals surface area (Å²) in [6.45, 7) is 2.34. The largest absolute Gasteiger partial charge is 0.497 e. The number of rotatable bonds is 7. The maximum absolute atomic E-state index is 13.7. The van der Waals surface area contributed by atoms with Crippen molar-refractivity contribution in [3.63, 3.8) is 0 Å². The number of anilines is 1. The maximum Gasteiger partial charge on any atom is 0.215 e. The molecule has 0 aliphatic heterocycles. The van der Waals surface area contributed by atoms with Crippen LogP contribution in [0.25, 0.3) is 0 Å². The lowest BCUT2D eigenvalue weighted by atomic mass is 10.2. The quantitative estimate of drug-likeness (QED) is 0.474. The molecule has 0 radical (unpaired) electrons. The van der Waals surface area contributed by atoms with Crippen molar-refractivity contribution in [2.45, 2.75) is 18.4 Å². The van der Waals surface area contributed by atoms with Crippen LogP contribution in [0.5, 0.6) is 11.5 Å². The topological polar surface area (TPSA) is 47.5 Å². The normalized spacial score (nSPS) is 10.7. The summed E-state index contributed by atoms with van der Waals surface area (Å²) in [6.07, 6.45) is 1.50. The average molecular weight is 426 g/mol. The van der Waals surface area contributed by atoms with Crippen molar-refractivity contribution < 1.29 is 13.9 Å². The van der Waals surface area contributed by atoms with Crippen molar-refractivity contribution in [1.82, 2.24) is 9.36 Å². The van der Waals surface area contributed by atoms with Gasteiger partial charge in [0.15, 0.2) is 0 Å². The molecule has 3 aromatic rings. The molecule has 0 saturated carbocycles. The Bertz CT molecular complexity index is 925. The molecule has 0 aliphatic carbocycles. The van der Waals surface area contributed by atoms with E-state index < -0.39 is 5.82 Å². The summed E-state index contributed by atoms with van der Waals surface area (Å²) in [5, 5.41) is 0.806. The Labute approximate surface area is 170 Å². The third-order valence-electron chi connectivity index (χ3n) is 3.80. The smallest absolute Gasteiger partial charge is 0.215 e. The first-order valence-corrected chi connectivity index (χ1v) is 9.83. The minimum Gasteiger partial charge on any atom is -0.497 e. The van der Waals surface area contributed by atoms with Gasteiger partial charge in [0.2, 0.25) is 5.13 Å². The molecule has 0 N–H and O–H groups in total. The van der Waals surface area contributed by atoms with Crippen LogP contribution in [0.2, 0.25) is 5.02 Å². The summed E-state index contributed by atoms with van der Waals surface area (Å²) in [5.74, 6) is 0.989. The number of hydrogen-bond acceptors (Lipinski definition) is 7. The van der Waals surface area contributed by atoms with Gasteiger partial charge in [-0.3, -0.25) is 4.31 Å². The highest BCUT2D eigenvalue weighted by molar-refractivity contribution is 8.00. The fourth-order valence-corrected chi connectivity index (χ4v) is 4.22. The SMILES string of the molecule is COc1ccc(CN(Sc2cc(Cl)c(F)cc2C)c2ncns2)c(OC)c1. The summed E-state index contributed by atoms with van der Waals surface area (Å²) in [7, 11) is 3.23. The number of methoxy groups -OCH3 is 2. The van der Waals surface area contributed by atoms with Gasteiger partial charge >= 0.3 is 0 Å². The van der Waals surface area contributed by atoms with E-state index in [-0.39, 0.29) is 5.02 Å². The molecule has 27 heavy (non-hydrogen) atoms. The Morgan fingerprint density at radius 3 is 2.70 bits per heavy atom. The molecule has 0 amide bonds. The fourth-order valence-electron chi connectivity index (χ4n) is 2.40. The predicted octanol–water partition coefficient (Wildman–Crippen LogP) is 5.37. The van der Waals surface area contributed by atoms with Crippen LogP contribution >= 0.6 is 35.1 Å². The Morgan fingerprint density at radius 2 is 2.04 bits per heavy atom. The van der Waals surface area contributed by atoms with E-state index in [2.05, 4.69) is 9.36 Å². The molecule has 3 rings (SSSR count). The van der Waals surface area contributed by atoms with Crippen LogP contribution in [0.1, 0.15) is 11.1 Å². The van der Waals surface area contributed by atoms with Gasteiger partial charge in [0.25, 0.3) is 0 Å². The van der Waals surface area contributed by atoms with Crippen molar-refractivity contribution in [3.8, 4) is 11.5 Å². The van der Waals surface area contributed by atoms with E-state index in [9.17, 15) is 4.39 Å². The van der Waals surface area contributed by atoms with Gasteiger partial charge in [-0.1, -0.05) is 11.6 Å². The van der Waals surface area contributed by atoms with Gasteiger partial charge in [-0.25, -0.2) is 9.37 Å². The second kappa shape index (κ2) is 8.77. The van der Waals surface area contributed by atoms with Crippen LogP contribution in [0.15, 0.2) is 41.6 Å². The lowest BCUT2D eigenvalue weighted by molar-refractivity contribution is 0.391. The van der Waals surface area contributed by atoms with Crippen molar-refractivity contribution in [3.05, 3.63) is 58.6 Å². The molecule has 0 saturated heterocycles. The van der Waals surface area contributed by atoms with Crippen LogP contribution in [0.4, 0.5) is 9.52 Å². The number of hydrogen-bond donors (Lipinski definition) is 0. The van der Waals surface area contributed by atoms with E-state index in [1.54, 1.807) is 20.3 Å². The summed E-state index contributed by atoms with van der Waals surface area (Å²) in [5.41, 5.74) is 1.74. The molecule has 0 aliphatic rings. The second-order valence-electron chi connectivity index (χ2n) is 5.56. The summed E-state index contributed by atoms with van der Waals surface area (Å²) >= 11 is 8.67. The molecular weight excluding hydrogens is 409 g/mol. The molecular formula is C18H17ClFN3O2S2. The van der Waals surface area contributed by atoms with Gasteiger partial charge in [0.1, 0.15) is 23.6 Å². The number of ether oxygens (including phenoxy) is 2. The van der Waals surface area contributed by atoms with E-state index in [4.69, 9.17) is 21.1 Å².